The summed E-state index contributed by atoms with van der Waals surface area (Å²) in [7, 11) is 0.131. The molecule has 0 radical (unpaired) electrons. The summed E-state index contributed by atoms with van der Waals surface area (Å²) < 4.78 is 33.0. The molecule has 1 aliphatic heterocycles. The van der Waals surface area contributed by atoms with E-state index in [-0.39, 0.29) is 29.8 Å². The summed E-state index contributed by atoms with van der Waals surface area (Å²) in [5.41, 5.74) is 3.13. The summed E-state index contributed by atoms with van der Waals surface area (Å²) in [4.78, 5) is 11.8. The van der Waals surface area contributed by atoms with Crippen molar-refractivity contribution in [2.45, 2.75) is 12.8 Å². The lowest BCUT2D eigenvalue weighted by Gasteiger charge is -2.06. The average Bonchev–Trinajstić information content (AvgIpc) is 2.85. The lowest BCUT2D eigenvalue weighted by molar-refractivity contribution is -0.121. The Balaban J connectivity index is 1.90. The van der Waals surface area contributed by atoms with E-state index in [0.717, 1.165) is 0 Å². The third-order valence-electron chi connectivity index (χ3n) is 3.58. The molecule has 0 aromatic heterocycles. The number of carbonyl (C=O) groups is 1. The second kappa shape index (κ2) is 7.45. The molecule has 2 rings (SSSR count). The molecule has 0 bridgehead atoms. The number of carbonyl (C=O) groups excluding carboxylic acids is 1. The molecule has 0 saturated carbocycles. The van der Waals surface area contributed by atoms with Crippen LogP contribution in [0.2, 0.25) is 0 Å². The number of methoxy groups -OCH3 is 2. The number of sulfone groups is 1. The van der Waals surface area contributed by atoms with Gasteiger partial charge in [-0.15, -0.1) is 0 Å². The van der Waals surface area contributed by atoms with Crippen molar-refractivity contribution < 1.29 is 22.7 Å². The van der Waals surface area contributed by atoms with Gasteiger partial charge in [0.25, 0.3) is 0 Å². The number of rotatable bonds is 6. The van der Waals surface area contributed by atoms with E-state index in [1.807, 2.05) is 0 Å². The summed E-state index contributed by atoms with van der Waals surface area (Å²) in [5.74, 6) is 1.07. The number of nitrogens with one attached hydrogen (secondary N) is 1. The predicted octanol–water partition coefficient (Wildman–Crippen LogP) is 0.979. The summed E-state index contributed by atoms with van der Waals surface area (Å²) in [6.45, 7) is 0. The zero-order chi connectivity index (χ0) is 16.9. The Bertz CT molecular complexity index is 678. The topological polar surface area (TPSA) is 94.1 Å². The van der Waals surface area contributed by atoms with Crippen molar-refractivity contribution in [3.05, 3.63) is 23.8 Å². The molecule has 23 heavy (non-hydrogen) atoms. The fraction of sp³-hybridized carbons (Fsp3) is 0.467. The van der Waals surface area contributed by atoms with E-state index in [0.29, 0.717) is 23.5 Å². The van der Waals surface area contributed by atoms with Gasteiger partial charge >= 0.3 is 0 Å². The standard InChI is InChI=1S/C15H20N2O5S/c1-21-13-5-12(6-14(8-13)22-2)9-16-17-15(18)7-11-3-4-23(19,20)10-11/h5-6,8-9,11H,3-4,7,10H2,1-2H3,(H,17,18)/b16-9-/t11-/m0/s1. The van der Waals surface area contributed by atoms with E-state index in [2.05, 4.69) is 10.5 Å². The number of hydrazone groups is 1. The van der Waals surface area contributed by atoms with E-state index in [4.69, 9.17) is 9.47 Å². The van der Waals surface area contributed by atoms with Gasteiger partial charge < -0.3 is 9.47 Å². The highest BCUT2D eigenvalue weighted by Crippen LogP contribution is 2.22. The van der Waals surface area contributed by atoms with E-state index in [1.165, 1.54) is 6.21 Å². The number of amides is 1. The van der Waals surface area contributed by atoms with Crippen molar-refractivity contribution in [1.29, 1.82) is 0 Å². The van der Waals surface area contributed by atoms with Crippen LogP contribution in [-0.2, 0) is 14.6 Å². The lowest BCUT2D eigenvalue weighted by Crippen LogP contribution is -2.21. The number of nitrogens with zero attached hydrogens (tertiary/aromatic N) is 1. The third kappa shape index (κ3) is 5.24. The van der Waals surface area contributed by atoms with Gasteiger partial charge in [-0.25, -0.2) is 13.8 Å². The number of ether oxygens (including phenoxy) is 2. The van der Waals surface area contributed by atoms with Crippen molar-refractivity contribution in [2.24, 2.45) is 11.0 Å². The molecule has 1 amide bonds. The van der Waals surface area contributed by atoms with Crippen LogP contribution >= 0.6 is 0 Å². The molecule has 0 spiro atoms. The number of benzene rings is 1. The first-order valence-corrected chi connectivity index (χ1v) is 8.99. The molecule has 126 valence electrons. The van der Waals surface area contributed by atoms with Crippen LogP contribution in [-0.4, -0.2) is 46.3 Å². The predicted molar refractivity (Wildman–Crippen MR) is 86.7 cm³/mol. The Labute approximate surface area is 135 Å². The lowest BCUT2D eigenvalue weighted by atomic mass is 10.1. The van der Waals surface area contributed by atoms with Gasteiger partial charge in [0.05, 0.1) is 31.9 Å². The van der Waals surface area contributed by atoms with Crippen LogP contribution in [0.15, 0.2) is 23.3 Å². The third-order valence-corrected chi connectivity index (χ3v) is 5.41. The molecule has 8 heteroatoms. The molecule has 1 atom stereocenters. The first kappa shape index (κ1) is 17.3. The first-order chi connectivity index (χ1) is 10.9. The molecule has 1 saturated heterocycles. The van der Waals surface area contributed by atoms with Gasteiger partial charge in [0, 0.05) is 18.1 Å². The van der Waals surface area contributed by atoms with Crippen LogP contribution in [0, 0.1) is 5.92 Å². The maximum atomic E-state index is 11.8. The maximum Gasteiger partial charge on any atom is 0.240 e. The minimum Gasteiger partial charge on any atom is -0.497 e. The van der Waals surface area contributed by atoms with E-state index in [1.54, 1.807) is 32.4 Å². The summed E-state index contributed by atoms with van der Waals surface area (Å²) in [6.07, 6.45) is 2.18. The second-order valence-corrected chi connectivity index (χ2v) is 7.64. The Morgan fingerprint density at radius 2 is 1.96 bits per heavy atom. The van der Waals surface area contributed by atoms with Crippen molar-refractivity contribution in [3.8, 4) is 11.5 Å². The SMILES string of the molecule is COc1cc(/C=N\NC(=O)C[C@@H]2CCS(=O)(=O)C2)cc(OC)c1. The van der Waals surface area contributed by atoms with E-state index in [9.17, 15) is 13.2 Å². The van der Waals surface area contributed by atoms with Crippen molar-refractivity contribution >= 4 is 22.0 Å². The highest BCUT2D eigenvalue weighted by atomic mass is 32.2. The molecule has 0 unspecified atom stereocenters. The molecule has 1 fully saturated rings. The molecular formula is C15H20N2O5S. The summed E-state index contributed by atoms with van der Waals surface area (Å²) in [5, 5.41) is 3.89. The fourth-order valence-electron chi connectivity index (χ4n) is 2.42. The largest absolute Gasteiger partial charge is 0.497 e. The van der Waals surface area contributed by atoms with E-state index < -0.39 is 9.84 Å². The maximum absolute atomic E-state index is 11.8. The molecule has 1 aromatic carbocycles. The van der Waals surface area contributed by atoms with Crippen LogP contribution in [0.3, 0.4) is 0 Å². The quantitative estimate of drug-likeness (QED) is 0.615. The Morgan fingerprint density at radius 3 is 2.48 bits per heavy atom. The zero-order valence-electron chi connectivity index (χ0n) is 13.1. The second-order valence-electron chi connectivity index (χ2n) is 5.41. The monoisotopic (exact) mass is 340 g/mol. The van der Waals surface area contributed by atoms with Crippen LogP contribution in [0.5, 0.6) is 11.5 Å². The van der Waals surface area contributed by atoms with Crippen molar-refractivity contribution in [1.82, 2.24) is 5.43 Å². The summed E-state index contributed by atoms with van der Waals surface area (Å²) in [6, 6.07) is 5.24. The fourth-order valence-corrected chi connectivity index (χ4v) is 4.29. The van der Waals surface area contributed by atoms with Crippen LogP contribution < -0.4 is 14.9 Å². The Kier molecular flexibility index (Phi) is 5.59. The molecule has 1 aliphatic rings. The van der Waals surface area contributed by atoms with Gasteiger partial charge in [0.1, 0.15) is 11.5 Å². The van der Waals surface area contributed by atoms with Gasteiger partial charge in [-0.1, -0.05) is 0 Å². The number of hydrogen-bond donors (Lipinski definition) is 1. The molecule has 1 heterocycles. The molecule has 1 N–H and O–H groups in total. The van der Waals surface area contributed by atoms with Gasteiger partial charge in [-0.05, 0) is 24.5 Å². The van der Waals surface area contributed by atoms with Crippen molar-refractivity contribution in [2.75, 3.05) is 25.7 Å². The Morgan fingerprint density at radius 1 is 1.30 bits per heavy atom. The minimum absolute atomic E-state index is 0.0806. The van der Waals surface area contributed by atoms with Gasteiger partial charge in [0.15, 0.2) is 9.84 Å². The molecule has 1 aromatic rings. The highest BCUT2D eigenvalue weighted by Gasteiger charge is 2.29. The highest BCUT2D eigenvalue weighted by molar-refractivity contribution is 7.91. The van der Waals surface area contributed by atoms with Crippen LogP contribution in [0.25, 0.3) is 0 Å². The molecular weight excluding hydrogens is 320 g/mol. The average molecular weight is 340 g/mol. The first-order valence-electron chi connectivity index (χ1n) is 7.17. The van der Waals surface area contributed by atoms with Gasteiger partial charge in [-0.3, -0.25) is 4.79 Å². The number of hydrogen-bond acceptors (Lipinski definition) is 6. The summed E-state index contributed by atoms with van der Waals surface area (Å²) >= 11 is 0. The normalized spacial score (nSPS) is 19.7. The van der Waals surface area contributed by atoms with Gasteiger partial charge in [0.2, 0.25) is 5.91 Å². The zero-order valence-corrected chi connectivity index (χ0v) is 13.9. The van der Waals surface area contributed by atoms with Crippen LogP contribution in [0.1, 0.15) is 18.4 Å². The van der Waals surface area contributed by atoms with Gasteiger partial charge in [-0.2, -0.15) is 5.10 Å². The Hall–Kier alpha value is -2.09. The minimum atomic E-state index is -2.97. The molecule has 0 aliphatic carbocycles. The van der Waals surface area contributed by atoms with Crippen molar-refractivity contribution in [3.63, 3.8) is 0 Å². The smallest absolute Gasteiger partial charge is 0.240 e. The molecule has 7 nitrogen and oxygen atoms in total. The van der Waals surface area contributed by atoms with E-state index >= 15 is 0 Å². The van der Waals surface area contributed by atoms with Crippen LogP contribution in [0.4, 0.5) is 0 Å².